The van der Waals surface area contributed by atoms with E-state index in [0.717, 1.165) is 38.1 Å². The predicted molar refractivity (Wildman–Crippen MR) is 114 cm³/mol. The Balaban J connectivity index is 0.00000225. The SMILES string of the molecule is CN=C(NCCN1CCCC(C)C1)N1CCC(c2cnn(C)c2)C1.I. The third kappa shape index (κ3) is 5.57. The van der Waals surface area contributed by atoms with Gasteiger partial charge in [-0.25, -0.2) is 0 Å². The molecule has 142 valence electrons. The number of likely N-dealkylation sites (tertiary alicyclic amines) is 2. The Bertz CT molecular complexity index is 558. The molecule has 0 aromatic carbocycles. The van der Waals surface area contributed by atoms with Gasteiger partial charge < -0.3 is 15.1 Å². The fourth-order valence-electron chi connectivity index (χ4n) is 4.02. The second-order valence-corrected chi connectivity index (χ2v) is 7.40. The van der Waals surface area contributed by atoms with Crippen LogP contribution >= 0.6 is 24.0 Å². The second-order valence-electron chi connectivity index (χ2n) is 7.40. The number of aliphatic imine (C=N–C) groups is 1. The van der Waals surface area contributed by atoms with E-state index in [0.29, 0.717) is 5.92 Å². The van der Waals surface area contributed by atoms with Gasteiger partial charge >= 0.3 is 0 Å². The molecule has 0 spiro atoms. The first-order valence-electron chi connectivity index (χ1n) is 9.32. The summed E-state index contributed by atoms with van der Waals surface area (Å²) in [5, 5.41) is 7.87. The van der Waals surface area contributed by atoms with Crippen molar-refractivity contribution in [2.75, 3.05) is 46.3 Å². The van der Waals surface area contributed by atoms with E-state index in [1.807, 2.05) is 25.0 Å². The number of aromatic nitrogens is 2. The number of nitrogens with one attached hydrogen (secondary N) is 1. The van der Waals surface area contributed by atoms with Crippen LogP contribution in [0.4, 0.5) is 0 Å². The van der Waals surface area contributed by atoms with Crippen molar-refractivity contribution in [3.05, 3.63) is 18.0 Å². The predicted octanol–water partition coefficient (Wildman–Crippen LogP) is 2.13. The lowest BCUT2D eigenvalue weighted by Crippen LogP contribution is -2.44. The van der Waals surface area contributed by atoms with Gasteiger partial charge in [0.15, 0.2) is 5.96 Å². The van der Waals surface area contributed by atoms with Gasteiger partial charge in [0.2, 0.25) is 0 Å². The summed E-state index contributed by atoms with van der Waals surface area (Å²) in [5.41, 5.74) is 1.35. The molecule has 2 unspecified atom stereocenters. The van der Waals surface area contributed by atoms with E-state index in [9.17, 15) is 0 Å². The van der Waals surface area contributed by atoms with Crippen molar-refractivity contribution >= 4 is 29.9 Å². The third-order valence-electron chi connectivity index (χ3n) is 5.35. The van der Waals surface area contributed by atoms with Crippen LogP contribution in [0.2, 0.25) is 0 Å². The molecule has 2 saturated heterocycles. The zero-order valence-electron chi connectivity index (χ0n) is 15.8. The first-order valence-corrected chi connectivity index (χ1v) is 9.32. The van der Waals surface area contributed by atoms with Crippen LogP contribution in [-0.2, 0) is 7.05 Å². The number of piperidine rings is 1. The van der Waals surface area contributed by atoms with Gasteiger partial charge in [0, 0.05) is 58.9 Å². The lowest BCUT2D eigenvalue weighted by molar-refractivity contribution is 0.186. The zero-order valence-corrected chi connectivity index (χ0v) is 18.1. The molecular weight excluding hydrogens is 427 g/mol. The average molecular weight is 460 g/mol. The van der Waals surface area contributed by atoms with Crippen LogP contribution in [0.15, 0.2) is 17.4 Å². The molecule has 0 bridgehead atoms. The molecule has 2 aliphatic rings. The Hall–Kier alpha value is -0.830. The first-order chi connectivity index (χ1) is 11.7. The van der Waals surface area contributed by atoms with Gasteiger partial charge in [-0.1, -0.05) is 6.92 Å². The van der Waals surface area contributed by atoms with E-state index in [1.165, 1.54) is 37.9 Å². The lowest BCUT2D eigenvalue weighted by atomic mass is 10.0. The maximum absolute atomic E-state index is 4.49. The monoisotopic (exact) mass is 460 g/mol. The molecule has 0 aliphatic carbocycles. The summed E-state index contributed by atoms with van der Waals surface area (Å²) < 4.78 is 1.89. The Morgan fingerprint density at radius 3 is 2.84 bits per heavy atom. The van der Waals surface area contributed by atoms with Crippen LogP contribution in [0.1, 0.15) is 37.7 Å². The fourth-order valence-corrected chi connectivity index (χ4v) is 4.02. The minimum Gasteiger partial charge on any atom is -0.355 e. The van der Waals surface area contributed by atoms with Gasteiger partial charge in [0.25, 0.3) is 0 Å². The van der Waals surface area contributed by atoms with Crippen molar-refractivity contribution in [2.24, 2.45) is 18.0 Å². The molecule has 2 atom stereocenters. The molecule has 25 heavy (non-hydrogen) atoms. The summed E-state index contributed by atoms with van der Waals surface area (Å²) in [4.78, 5) is 9.46. The summed E-state index contributed by atoms with van der Waals surface area (Å²) in [6, 6.07) is 0. The topological polar surface area (TPSA) is 48.7 Å². The van der Waals surface area contributed by atoms with E-state index >= 15 is 0 Å². The van der Waals surface area contributed by atoms with E-state index in [4.69, 9.17) is 0 Å². The Labute approximate surface area is 169 Å². The van der Waals surface area contributed by atoms with E-state index < -0.39 is 0 Å². The van der Waals surface area contributed by atoms with Gasteiger partial charge in [-0.15, -0.1) is 24.0 Å². The first kappa shape index (κ1) is 20.5. The molecule has 1 aromatic heterocycles. The van der Waals surface area contributed by atoms with E-state index in [1.54, 1.807) is 0 Å². The van der Waals surface area contributed by atoms with Crippen molar-refractivity contribution in [3.8, 4) is 0 Å². The number of hydrogen-bond donors (Lipinski definition) is 1. The van der Waals surface area contributed by atoms with Crippen molar-refractivity contribution in [1.82, 2.24) is 24.9 Å². The maximum atomic E-state index is 4.49. The summed E-state index contributed by atoms with van der Waals surface area (Å²) in [5.74, 6) is 2.46. The van der Waals surface area contributed by atoms with Gasteiger partial charge in [-0.2, -0.15) is 5.10 Å². The van der Waals surface area contributed by atoms with Crippen LogP contribution in [0, 0.1) is 5.92 Å². The van der Waals surface area contributed by atoms with Crippen molar-refractivity contribution in [3.63, 3.8) is 0 Å². The molecule has 0 radical (unpaired) electrons. The van der Waals surface area contributed by atoms with Gasteiger partial charge in [0.1, 0.15) is 0 Å². The lowest BCUT2D eigenvalue weighted by Gasteiger charge is -2.31. The summed E-state index contributed by atoms with van der Waals surface area (Å²) in [6.07, 6.45) is 8.05. The van der Waals surface area contributed by atoms with Gasteiger partial charge in [-0.05, 0) is 37.3 Å². The number of guanidine groups is 1. The molecule has 3 heterocycles. The van der Waals surface area contributed by atoms with Crippen molar-refractivity contribution in [1.29, 1.82) is 0 Å². The van der Waals surface area contributed by atoms with Crippen LogP contribution in [-0.4, -0.2) is 71.9 Å². The van der Waals surface area contributed by atoms with E-state index in [2.05, 4.69) is 38.3 Å². The highest BCUT2D eigenvalue weighted by atomic mass is 127. The molecule has 1 aromatic rings. The summed E-state index contributed by atoms with van der Waals surface area (Å²) in [7, 11) is 3.88. The molecule has 2 aliphatic heterocycles. The van der Waals surface area contributed by atoms with Crippen LogP contribution in [0.25, 0.3) is 0 Å². The van der Waals surface area contributed by atoms with Gasteiger partial charge in [-0.3, -0.25) is 9.67 Å². The molecule has 0 saturated carbocycles. The minimum atomic E-state index is 0. The number of hydrogen-bond acceptors (Lipinski definition) is 3. The quantitative estimate of drug-likeness (QED) is 0.425. The Kier molecular flexibility index (Phi) is 7.99. The minimum absolute atomic E-state index is 0. The molecule has 7 heteroatoms. The van der Waals surface area contributed by atoms with Crippen LogP contribution in [0.3, 0.4) is 0 Å². The highest BCUT2D eigenvalue weighted by Gasteiger charge is 2.27. The smallest absolute Gasteiger partial charge is 0.193 e. The van der Waals surface area contributed by atoms with Crippen molar-refractivity contribution in [2.45, 2.75) is 32.1 Å². The number of aryl methyl sites for hydroxylation is 1. The molecule has 2 fully saturated rings. The normalized spacial score (nSPS) is 25.1. The number of rotatable bonds is 4. The Morgan fingerprint density at radius 1 is 1.32 bits per heavy atom. The summed E-state index contributed by atoms with van der Waals surface area (Å²) >= 11 is 0. The average Bonchev–Trinajstić information content (AvgIpc) is 3.20. The number of nitrogens with zero attached hydrogens (tertiary/aromatic N) is 5. The van der Waals surface area contributed by atoms with Gasteiger partial charge in [0.05, 0.1) is 6.20 Å². The zero-order chi connectivity index (χ0) is 16.9. The standard InChI is InChI=1S/C18H32N6.HI/c1-15-5-4-8-23(12-15)10-7-20-18(19-2)24-9-6-16(14-24)17-11-21-22(3)13-17;/h11,13,15-16H,4-10,12,14H2,1-3H3,(H,19,20);1H. The fraction of sp³-hybridized carbons (Fsp3) is 0.778. The number of halogens is 1. The molecular formula is C18H33IN6. The molecule has 3 rings (SSSR count). The molecule has 6 nitrogen and oxygen atoms in total. The molecule has 1 N–H and O–H groups in total. The summed E-state index contributed by atoms with van der Waals surface area (Å²) in [6.45, 7) is 9.05. The van der Waals surface area contributed by atoms with Crippen LogP contribution in [0.5, 0.6) is 0 Å². The largest absolute Gasteiger partial charge is 0.355 e. The third-order valence-corrected chi connectivity index (χ3v) is 5.35. The Morgan fingerprint density at radius 2 is 2.16 bits per heavy atom. The highest BCUT2D eigenvalue weighted by Crippen LogP contribution is 2.26. The van der Waals surface area contributed by atoms with Crippen molar-refractivity contribution < 1.29 is 0 Å². The maximum Gasteiger partial charge on any atom is 0.193 e. The van der Waals surface area contributed by atoms with E-state index in [-0.39, 0.29) is 24.0 Å². The van der Waals surface area contributed by atoms with Crippen LogP contribution < -0.4 is 5.32 Å². The molecule has 0 amide bonds. The second kappa shape index (κ2) is 9.75. The highest BCUT2D eigenvalue weighted by molar-refractivity contribution is 14.0.